The van der Waals surface area contributed by atoms with Crippen molar-refractivity contribution in [3.63, 3.8) is 0 Å². The van der Waals surface area contributed by atoms with Crippen LogP contribution in [-0.2, 0) is 5.41 Å². The molecule has 38 heavy (non-hydrogen) atoms. The molecule has 0 bridgehead atoms. The average Bonchev–Trinajstić information content (AvgIpc) is 2.93. The Hall–Kier alpha value is -3.74. The zero-order valence-corrected chi connectivity index (χ0v) is 23.3. The highest BCUT2D eigenvalue weighted by atomic mass is 16.5. The van der Waals surface area contributed by atoms with Crippen LogP contribution in [0.25, 0.3) is 0 Å². The Balaban J connectivity index is 1.56. The number of amides is 2. The number of aromatic nitrogens is 1. The van der Waals surface area contributed by atoms with Gasteiger partial charge in [0.25, 0.3) is 0 Å². The summed E-state index contributed by atoms with van der Waals surface area (Å²) in [6, 6.07) is 16.1. The van der Waals surface area contributed by atoms with Gasteiger partial charge < -0.3 is 26.0 Å². The number of hydrogen-bond donors (Lipinski definition) is 3. The Morgan fingerprint density at radius 2 is 1.66 bits per heavy atom. The summed E-state index contributed by atoms with van der Waals surface area (Å²) in [7, 11) is 1.69. The van der Waals surface area contributed by atoms with E-state index in [1.165, 1.54) is 11.3 Å². The average molecular weight is 516 g/mol. The zero-order valence-electron chi connectivity index (χ0n) is 23.3. The number of anilines is 3. The molecular weight excluding hydrogens is 474 g/mol. The maximum atomic E-state index is 13.4. The molecule has 0 radical (unpaired) electrons. The number of nitrogen functional groups attached to an aromatic ring is 1. The molecule has 0 saturated carbocycles. The number of piperidine rings is 1. The standard InChI is InChI=1S/C31H41N5O2/c1-21(2)27-18-24(32)19-28(22(3)4)29(27)35-30(37)34-20-31(23-7-6-8-26(17-23)38-5)11-15-36(16-12-31)25-9-13-33-14-10-25/h6-10,13-14,17-19,21-22H,11-12,15-16,20,32H2,1-5H3,(H2,34,35,37). The van der Waals surface area contributed by atoms with Gasteiger partial charge in [0.15, 0.2) is 0 Å². The SMILES string of the molecule is COc1cccc(C2(CNC(=O)Nc3c(C(C)C)cc(N)cc3C(C)C)CCN(c3ccncc3)CC2)c1. The summed E-state index contributed by atoms with van der Waals surface area (Å²) in [6.45, 7) is 10.8. The van der Waals surface area contributed by atoms with Crippen LogP contribution in [0.5, 0.6) is 5.75 Å². The second-order valence-electron chi connectivity index (χ2n) is 10.9. The van der Waals surface area contributed by atoms with Crippen molar-refractivity contribution < 1.29 is 9.53 Å². The van der Waals surface area contributed by atoms with Crippen LogP contribution in [-0.4, -0.2) is 37.8 Å². The van der Waals surface area contributed by atoms with Crippen LogP contribution in [0, 0.1) is 0 Å². The number of carbonyl (C=O) groups is 1. The van der Waals surface area contributed by atoms with Gasteiger partial charge in [-0.3, -0.25) is 4.98 Å². The number of pyridine rings is 1. The zero-order chi connectivity index (χ0) is 27.3. The second kappa shape index (κ2) is 11.8. The first kappa shape index (κ1) is 27.3. The number of nitrogens with zero attached hydrogens (tertiary/aromatic N) is 2. The molecule has 0 atom stereocenters. The van der Waals surface area contributed by atoms with Crippen molar-refractivity contribution in [3.8, 4) is 5.75 Å². The number of benzene rings is 2. The van der Waals surface area contributed by atoms with Gasteiger partial charge >= 0.3 is 6.03 Å². The van der Waals surface area contributed by atoms with Crippen LogP contribution in [0.4, 0.5) is 21.9 Å². The first-order valence-electron chi connectivity index (χ1n) is 13.5. The summed E-state index contributed by atoms with van der Waals surface area (Å²) < 4.78 is 5.54. The molecule has 1 fully saturated rings. The van der Waals surface area contributed by atoms with Gasteiger partial charge in [-0.2, -0.15) is 0 Å². The summed E-state index contributed by atoms with van der Waals surface area (Å²) >= 11 is 0. The van der Waals surface area contributed by atoms with E-state index in [4.69, 9.17) is 10.5 Å². The Bertz CT molecular complexity index is 1210. The Morgan fingerprint density at radius 1 is 1.03 bits per heavy atom. The van der Waals surface area contributed by atoms with Gasteiger partial charge in [-0.15, -0.1) is 0 Å². The molecule has 1 aliphatic rings. The third-order valence-corrected chi connectivity index (χ3v) is 7.72. The van der Waals surface area contributed by atoms with E-state index >= 15 is 0 Å². The van der Waals surface area contributed by atoms with E-state index in [0.717, 1.165) is 54.2 Å². The molecule has 1 saturated heterocycles. The van der Waals surface area contributed by atoms with Crippen molar-refractivity contribution in [3.05, 3.63) is 77.6 Å². The first-order valence-corrected chi connectivity index (χ1v) is 13.5. The molecule has 7 heteroatoms. The monoisotopic (exact) mass is 515 g/mol. The maximum absolute atomic E-state index is 13.4. The minimum atomic E-state index is -0.210. The highest BCUT2D eigenvalue weighted by molar-refractivity contribution is 5.92. The number of carbonyl (C=O) groups excluding carboxylic acids is 1. The van der Waals surface area contributed by atoms with Crippen LogP contribution >= 0.6 is 0 Å². The molecule has 7 nitrogen and oxygen atoms in total. The molecule has 1 aliphatic heterocycles. The van der Waals surface area contributed by atoms with E-state index in [1.807, 2.05) is 36.7 Å². The Kier molecular flexibility index (Phi) is 8.45. The van der Waals surface area contributed by atoms with E-state index < -0.39 is 0 Å². The van der Waals surface area contributed by atoms with E-state index in [9.17, 15) is 4.79 Å². The summed E-state index contributed by atoms with van der Waals surface area (Å²) in [5, 5.41) is 6.42. The molecule has 2 aromatic carbocycles. The largest absolute Gasteiger partial charge is 0.497 e. The third-order valence-electron chi connectivity index (χ3n) is 7.72. The molecule has 4 N–H and O–H groups in total. The Morgan fingerprint density at radius 3 is 2.24 bits per heavy atom. The smallest absolute Gasteiger partial charge is 0.319 e. The van der Waals surface area contributed by atoms with Crippen LogP contribution < -0.4 is 26.0 Å². The number of rotatable bonds is 8. The van der Waals surface area contributed by atoms with Gasteiger partial charge in [-0.1, -0.05) is 39.8 Å². The van der Waals surface area contributed by atoms with Crippen LogP contribution in [0.2, 0.25) is 0 Å². The molecule has 0 aliphatic carbocycles. The number of urea groups is 1. The maximum Gasteiger partial charge on any atom is 0.319 e. The Labute approximate surface area is 226 Å². The predicted molar refractivity (Wildman–Crippen MR) is 156 cm³/mol. The van der Waals surface area contributed by atoms with Gasteiger partial charge in [-0.25, -0.2) is 4.79 Å². The lowest BCUT2D eigenvalue weighted by Gasteiger charge is -2.43. The van der Waals surface area contributed by atoms with Crippen molar-refractivity contribution in [2.45, 2.75) is 57.8 Å². The van der Waals surface area contributed by atoms with Gasteiger partial charge in [0.05, 0.1) is 7.11 Å². The van der Waals surface area contributed by atoms with E-state index in [2.05, 4.69) is 72.5 Å². The van der Waals surface area contributed by atoms with Crippen molar-refractivity contribution in [2.75, 3.05) is 42.7 Å². The first-order chi connectivity index (χ1) is 18.2. The second-order valence-corrected chi connectivity index (χ2v) is 10.9. The van der Waals surface area contributed by atoms with Crippen LogP contribution in [0.15, 0.2) is 60.9 Å². The topological polar surface area (TPSA) is 92.5 Å². The number of ether oxygens (including phenoxy) is 1. The molecule has 4 rings (SSSR count). The number of nitrogens with two attached hydrogens (primary N) is 1. The summed E-state index contributed by atoms with van der Waals surface area (Å²) in [5.74, 6) is 1.28. The normalized spacial score (nSPS) is 15.0. The summed E-state index contributed by atoms with van der Waals surface area (Å²) in [5.41, 5.74) is 12.0. The van der Waals surface area contributed by atoms with E-state index in [1.54, 1.807) is 7.11 Å². The quantitative estimate of drug-likeness (QED) is 0.307. The molecule has 0 spiro atoms. The predicted octanol–water partition coefficient (Wildman–Crippen LogP) is 6.28. The molecule has 2 heterocycles. The lowest BCUT2D eigenvalue weighted by molar-refractivity contribution is 0.244. The summed E-state index contributed by atoms with van der Waals surface area (Å²) in [4.78, 5) is 19.9. The van der Waals surface area contributed by atoms with Crippen molar-refractivity contribution >= 4 is 23.1 Å². The molecule has 3 aromatic rings. The van der Waals surface area contributed by atoms with E-state index in [-0.39, 0.29) is 23.3 Å². The van der Waals surface area contributed by atoms with Crippen molar-refractivity contribution in [2.24, 2.45) is 0 Å². The minimum absolute atomic E-state index is 0.197. The minimum Gasteiger partial charge on any atom is -0.497 e. The fourth-order valence-electron chi connectivity index (χ4n) is 5.44. The van der Waals surface area contributed by atoms with Gasteiger partial charge in [-0.05, 0) is 77.8 Å². The van der Waals surface area contributed by atoms with Crippen LogP contribution in [0.3, 0.4) is 0 Å². The van der Waals surface area contributed by atoms with Gasteiger partial charge in [0.2, 0.25) is 0 Å². The molecule has 202 valence electrons. The highest BCUT2D eigenvalue weighted by Gasteiger charge is 2.37. The molecular formula is C31H41N5O2. The fourth-order valence-corrected chi connectivity index (χ4v) is 5.44. The van der Waals surface area contributed by atoms with E-state index in [0.29, 0.717) is 6.54 Å². The number of nitrogens with one attached hydrogen (secondary N) is 2. The van der Waals surface area contributed by atoms with Crippen molar-refractivity contribution in [1.82, 2.24) is 10.3 Å². The van der Waals surface area contributed by atoms with Crippen LogP contribution in [0.1, 0.15) is 69.1 Å². The highest BCUT2D eigenvalue weighted by Crippen LogP contribution is 2.38. The van der Waals surface area contributed by atoms with Crippen molar-refractivity contribution in [1.29, 1.82) is 0 Å². The third kappa shape index (κ3) is 6.04. The van der Waals surface area contributed by atoms with Gasteiger partial charge in [0.1, 0.15) is 5.75 Å². The fraction of sp³-hybridized carbons (Fsp3) is 0.419. The molecule has 0 unspecified atom stereocenters. The molecule has 1 aromatic heterocycles. The van der Waals surface area contributed by atoms with Gasteiger partial charge in [0, 0.05) is 54.5 Å². The lowest BCUT2D eigenvalue weighted by atomic mass is 9.72. The molecule has 2 amide bonds. The lowest BCUT2D eigenvalue weighted by Crippen LogP contribution is -2.49. The number of methoxy groups -OCH3 is 1. The summed E-state index contributed by atoms with van der Waals surface area (Å²) in [6.07, 6.45) is 5.47. The number of hydrogen-bond acceptors (Lipinski definition) is 5.